The molecule has 0 saturated heterocycles. The van der Waals surface area contributed by atoms with E-state index in [1.165, 1.54) is 105 Å². The average molecular weight is 759 g/mol. The number of rotatable bonds is 5. The molecule has 2 aliphatic rings. The van der Waals surface area contributed by atoms with Crippen LogP contribution in [0.3, 0.4) is 0 Å². The van der Waals surface area contributed by atoms with Gasteiger partial charge in [0.15, 0.2) is 0 Å². The summed E-state index contributed by atoms with van der Waals surface area (Å²) in [5.41, 5.74) is 16.2. The van der Waals surface area contributed by atoms with Gasteiger partial charge in [-0.2, -0.15) is 0 Å². The van der Waals surface area contributed by atoms with E-state index in [1.807, 2.05) is 0 Å². The summed E-state index contributed by atoms with van der Waals surface area (Å²) in [7, 11) is -1.89. The van der Waals surface area contributed by atoms with Crippen LogP contribution in [0.1, 0.15) is 11.1 Å². The molecule has 0 atom stereocenters. The van der Waals surface area contributed by atoms with Gasteiger partial charge >= 0.3 is 0 Å². The van der Waals surface area contributed by atoms with E-state index in [0.717, 1.165) is 0 Å². The molecule has 0 saturated carbocycles. The number of hydrogen-bond acceptors (Lipinski definition) is 2. The number of hydrogen-bond donors (Lipinski definition) is 0. The molecule has 2 heterocycles. The first kappa shape index (κ1) is 34.6. The molecule has 58 heavy (non-hydrogen) atoms. The van der Waals surface area contributed by atoms with Crippen molar-refractivity contribution in [2.45, 2.75) is 26.9 Å². The van der Waals surface area contributed by atoms with Crippen LogP contribution in [0.5, 0.6) is 0 Å². The smallest absolute Gasteiger partial charge is 0.252 e. The molecular weight excluding hydrogens is 716 g/mol. The molecule has 0 bridgehead atoms. The van der Waals surface area contributed by atoms with Gasteiger partial charge in [-0.25, -0.2) is 0 Å². The SMILES string of the molecule is Cc1cccc(N2c3cc(-c4ccc([Si](C)(C)c5ccccc5)cc4)cc4c3B(c3ccc5ccccc5c32)c2ccc3ccccc3c2N4c2cccc(C)c2)c1. The topological polar surface area (TPSA) is 6.48 Å². The first-order valence-corrected chi connectivity index (χ1v) is 23.5. The lowest BCUT2D eigenvalue weighted by atomic mass is 9.33. The fraction of sp³-hybridized carbons (Fsp3) is 0.0741. The van der Waals surface area contributed by atoms with Crippen molar-refractivity contribution in [1.82, 2.24) is 0 Å². The fourth-order valence-corrected chi connectivity index (χ4v) is 12.2. The second-order valence-electron chi connectivity index (χ2n) is 16.7. The van der Waals surface area contributed by atoms with Crippen molar-refractivity contribution in [2.24, 2.45) is 0 Å². The largest absolute Gasteiger partial charge is 0.311 e. The Morgan fingerprint density at radius 2 is 0.897 bits per heavy atom. The van der Waals surface area contributed by atoms with E-state index in [1.54, 1.807) is 0 Å². The Balaban J connectivity index is 1.25. The Labute approximate surface area is 342 Å². The second-order valence-corrected chi connectivity index (χ2v) is 21.1. The van der Waals surface area contributed by atoms with Gasteiger partial charge < -0.3 is 9.80 Å². The highest BCUT2D eigenvalue weighted by molar-refractivity contribution is 7.01. The van der Waals surface area contributed by atoms with Gasteiger partial charge in [0.1, 0.15) is 8.07 Å². The minimum atomic E-state index is -1.89. The predicted octanol–water partition coefficient (Wildman–Crippen LogP) is 11.2. The van der Waals surface area contributed by atoms with Crippen molar-refractivity contribution in [2.75, 3.05) is 9.80 Å². The Bertz CT molecular complexity index is 2920. The quantitative estimate of drug-likeness (QED) is 0.161. The van der Waals surface area contributed by atoms with Gasteiger partial charge in [-0.05, 0) is 99.7 Å². The molecule has 0 N–H and O–H groups in total. The standard InChI is InChI=1S/C54H43BN2Si/c1-36-14-12-18-42(32-36)56-50-34-41(38-24-28-45(29-25-38)58(3,4)44-20-6-5-7-21-44)35-51-52(50)55(48-30-26-39-16-8-10-22-46(39)53(48)56)49-31-27-40-17-9-11-23-47(40)54(49)57(51)43-19-13-15-37(2)33-43/h5-35H,1-4H3. The summed E-state index contributed by atoms with van der Waals surface area (Å²) in [5, 5.41) is 7.91. The summed E-state index contributed by atoms with van der Waals surface area (Å²) in [6, 6.07) is 70.9. The molecule has 276 valence electrons. The number of aryl methyl sites for hydroxylation is 2. The van der Waals surface area contributed by atoms with Crippen LogP contribution >= 0.6 is 0 Å². The maximum absolute atomic E-state index is 2.57. The average Bonchev–Trinajstić information content (AvgIpc) is 3.26. The van der Waals surface area contributed by atoms with E-state index in [9.17, 15) is 0 Å². The second kappa shape index (κ2) is 13.2. The van der Waals surface area contributed by atoms with E-state index in [0.29, 0.717) is 0 Å². The van der Waals surface area contributed by atoms with E-state index in [2.05, 4.69) is 225 Å². The summed E-state index contributed by atoms with van der Waals surface area (Å²) < 4.78 is 0. The first-order chi connectivity index (χ1) is 28.3. The molecule has 2 aliphatic heterocycles. The fourth-order valence-electron chi connectivity index (χ4n) is 9.86. The Kier molecular flexibility index (Phi) is 7.89. The van der Waals surface area contributed by atoms with E-state index in [-0.39, 0.29) is 6.71 Å². The highest BCUT2D eigenvalue weighted by atomic mass is 28.3. The summed E-state index contributed by atoms with van der Waals surface area (Å²) in [5.74, 6) is 0. The van der Waals surface area contributed by atoms with Crippen LogP contribution < -0.4 is 36.6 Å². The van der Waals surface area contributed by atoms with Gasteiger partial charge in [-0.15, -0.1) is 0 Å². The Morgan fingerprint density at radius 1 is 0.414 bits per heavy atom. The molecule has 0 unspecified atom stereocenters. The first-order valence-electron chi connectivity index (χ1n) is 20.5. The Morgan fingerprint density at radius 3 is 1.41 bits per heavy atom. The van der Waals surface area contributed by atoms with Gasteiger partial charge in [0.2, 0.25) is 0 Å². The van der Waals surface area contributed by atoms with Crippen molar-refractivity contribution in [1.29, 1.82) is 0 Å². The van der Waals surface area contributed by atoms with Gasteiger partial charge in [-0.1, -0.05) is 175 Å². The van der Waals surface area contributed by atoms with E-state index in [4.69, 9.17) is 0 Å². The van der Waals surface area contributed by atoms with Gasteiger partial charge in [0.05, 0.1) is 0 Å². The van der Waals surface area contributed by atoms with Crippen molar-refractivity contribution in [3.05, 3.63) is 199 Å². The normalized spacial score (nSPS) is 13.1. The zero-order valence-corrected chi connectivity index (χ0v) is 34.4. The summed E-state index contributed by atoms with van der Waals surface area (Å²) >= 11 is 0. The summed E-state index contributed by atoms with van der Waals surface area (Å²) in [6.45, 7) is 9.36. The molecule has 0 radical (unpaired) electrons. The van der Waals surface area contributed by atoms with E-state index < -0.39 is 8.07 Å². The monoisotopic (exact) mass is 758 g/mol. The Hall–Kier alpha value is -6.62. The molecule has 2 nitrogen and oxygen atoms in total. The molecule has 0 fully saturated rings. The van der Waals surface area contributed by atoms with Crippen molar-refractivity contribution in [3.8, 4) is 11.1 Å². The van der Waals surface area contributed by atoms with Crippen LogP contribution in [0, 0.1) is 13.8 Å². The maximum Gasteiger partial charge on any atom is 0.252 e. The van der Waals surface area contributed by atoms with Gasteiger partial charge in [0.25, 0.3) is 6.71 Å². The predicted molar refractivity (Wildman–Crippen MR) is 254 cm³/mol. The van der Waals surface area contributed by atoms with Crippen LogP contribution in [0.25, 0.3) is 32.7 Å². The van der Waals surface area contributed by atoms with Crippen molar-refractivity contribution >= 4 is 97.2 Å². The van der Waals surface area contributed by atoms with Crippen molar-refractivity contribution < 1.29 is 0 Å². The molecule has 9 aromatic carbocycles. The third-order valence-electron chi connectivity index (χ3n) is 12.8. The highest BCUT2D eigenvalue weighted by Crippen LogP contribution is 2.49. The van der Waals surface area contributed by atoms with Crippen molar-refractivity contribution in [3.63, 3.8) is 0 Å². The maximum atomic E-state index is 2.57. The molecule has 9 aromatic rings. The number of anilines is 6. The van der Waals surface area contributed by atoms with Gasteiger partial charge in [-0.3, -0.25) is 0 Å². The third kappa shape index (κ3) is 5.32. The summed E-state index contributed by atoms with van der Waals surface area (Å²) in [4.78, 5) is 5.15. The molecule has 0 amide bonds. The number of benzene rings is 9. The number of nitrogens with zero attached hydrogens (tertiary/aromatic N) is 2. The highest BCUT2D eigenvalue weighted by Gasteiger charge is 2.44. The van der Waals surface area contributed by atoms with Crippen LogP contribution in [-0.4, -0.2) is 14.8 Å². The molecular formula is C54H43BN2Si. The molecule has 11 rings (SSSR count). The lowest BCUT2D eigenvalue weighted by Gasteiger charge is -2.45. The van der Waals surface area contributed by atoms with Crippen LogP contribution in [0.4, 0.5) is 34.1 Å². The molecule has 0 spiro atoms. The zero-order valence-electron chi connectivity index (χ0n) is 33.4. The van der Waals surface area contributed by atoms with E-state index >= 15 is 0 Å². The number of fused-ring (bicyclic) bond motifs is 8. The molecule has 0 aromatic heterocycles. The summed E-state index contributed by atoms with van der Waals surface area (Å²) in [6.07, 6.45) is 0. The minimum Gasteiger partial charge on any atom is -0.311 e. The minimum absolute atomic E-state index is 0.0282. The van der Waals surface area contributed by atoms with Gasteiger partial charge in [0, 0.05) is 44.9 Å². The molecule has 4 heteroatoms. The molecule has 0 aliphatic carbocycles. The van der Waals surface area contributed by atoms with Crippen LogP contribution in [-0.2, 0) is 0 Å². The van der Waals surface area contributed by atoms with Crippen LogP contribution in [0.2, 0.25) is 13.1 Å². The third-order valence-corrected chi connectivity index (χ3v) is 16.3. The lowest BCUT2D eigenvalue weighted by molar-refractivity contribution is 1.26. The zero-order chi connectivity index (χ0) is 39.1. The lowest BCUT2D eigenvalue weighted by Crippen LogP contribution is -2.61. The van der Waals surface area contributed by atoms with Crippen LogP contribution in [0.15, 0.2) is 188 Å².